The normalized spacial score (nSPS) is 23.9. The molecule has 3 aliphatic rings. The number of amides is 2. The number of carbonyl (C=O) groups is 2. The molecule has 55 heavy (non-hydrogen) atoms. The smallest absolute Gasteiger partial charge is 0.316 e. The molecule has 5 aromatic rings. The van der Waals surface area contributed by atoms with E-state index in [0.717, 1.165) is 5.56 Å². The van der Waals surface area contributed by atoms with Crippen LogP contribution in [0.4, 0.5) is 14.5 Å². The van der Waals surface area contributed by atoms with Crippen molar-refractivity contribution in [1.82, 2.24) is 19.4 Å². The van der Waals surface area contributed by atoms with Gasteiger partial charge in [-0.25, -0.2) is 18.7 Å². The Morgan fingerprint density at radius 3 is 2.49 bits per heavy atom. The lowest BCUT2D eigenvalue weighted by atomic mass is 10.0. The number of hydrogen-bond acceptors (Lipinski definition) is 9. The second kappa shape index (κ2) is 15.3. The van der Waals surface area contributed by atoms with Crippen molar-refractivity contribution in [3.05, 3.63) is 95.7 Å². The minimum absolute atomic E-state index is 0.112. The number of methoxy groups -OCH3 is 1. The van der Waals surface area contributed by atoms with Crippen molar-refractivity contribution >= 4 is 40.0 Å². The predicted octanol–water partition coefficient (Wildman–Crippen LogP) is 5.75. The zero-order chi connectivity index (χ0) is 38.4. The van der Waals surface area contributed by atoms with E-state index in [2.05, 4.69) is 15.3 Å². The minimum atomic E-state index is -1.45. The standard InChI is InChI=1S/C40H38ClF2N5O7/c1-21(49)28-17-47(31-11-10-22(12-27(28)31)23-14-44-40(45-15-23)55-34-20-54-37-33(52-2)19-53-38(34)37)18-35(50)48-16-24(42)13-32(48)39(51)46-30-9-5-7-26(36(30)43)25-6-3-4-8-29(25)41/h3-12,14-15,17,21,24,32-34,37-38,49H,13,16,18-20H2,1-2H3,(H,46,51)/t21?,24-,32+,33-,34-,37-,38-/m1/s1. The summed E-state index contributed by atoms with van der Waals surface area (Å²) in [5.74, 6) is -1.91. The molecule has 8 rings (SSSR count). The molecule has 286 valence electrons. The molecule has 0 aliphatic carbocycles. The van der Waals surface area contributed by atoms with E-state index < -0.39 is 35.9 Å². The first-order chi connectivity index (χ1) is 26.6. The second-order valence-corrected chi connectivity index (χ2v) is 14.3. The molecule has 0 bridgehead atoms. The lowest BCUT2D eigenvalue weighted by Crippen LogP contribution is -2.44. The van der Waals surface area contributed by atoms with Crippen LogP contribution in [-0.4, -0.2) is 99.9 Å². The zero-order valence-corrected chi connectivity index (χ0v) is 30.7. The van der Waals surface area contributed by atoms with Crippen LogP contribution in [0.2, 0.25) is 5.02 Å². The van der Waals surface area contributed by atoms with E-state index in [0.29, 0.717) is 45.8 Å². The maximum atomic E-state index is 15.6. The van der Waals surface area contributed by atoms with Crippen molar-refractivity contribution in [1.29, 1.82) is 0 Å². The van der Waals surface area contributed by atoms with Crippen molar-refractivity contribution < 1.29 is 42.4 Å². The molecule has 15 heteroatoms. The highest BCUT2D eigenvalue weighted by atomic mass is 35.5. The molecule has 3 fully saturated rings. The second-order valence-electron chi connectivity index (χ2n) is 13.9. The average molecular weight is 774 g/mol. The van der Waals surface area contributed by atoms with Gasteiger partial charge in [-0.2, -0.15) is 0 Å². The summed E-state index contributed by atoms with van der Waals surface area (Å²) in [5, 5.41) is 14.3. The summed E-state index contributed by atoms with van der Waals surface area (Å²) >= 11 is 6.29. The van der Waals surface area contributed by atoms with E-state index in [1.54, 1.807) is 73.6 Å². The van der Waals surface area contributed by atoms with Gasteiger partial charge in [-0.3, -0.25) is 9.59 Å². The molecule has 0 radical (unpaired) electrons. The van der Waals surface area contributed by atoms with Gasteiger partial charge < -0.3 is 38.8 Å². The fourth-order valence-corrected chi connectivity index (χ4v) is 7.88. The molecule has 1 unspecified atom stereocenters. The third kappa shape index (κ3) is 7.16. The number of anilines is 1. The molecule has 5 heterocycles. The maximum Gasteiger partial charge on any atom is 0.316 e. The van der Waals surface area contributed by atoms with Gasteiger partial charge in [0.2, 0.25) is 11.8 Å². The van der Waals surface area contributed by atoms with Crippen molar-refractivity contribution in [2.24, 2.45) is 0 Å². The highest BCUT2D eigenvalue weighted by molar-refractivity contribution is 6.33. The number of aromatic nitrogens is 3. The molecule has 2 aromatic heterocycles. The average Bonchev–Trinajstić information content (AvgIpc) is 3.97. The highest BCUT2D eigenvalue weighted by Gasteiger charge is 2.49. The number of carbonyl (C=O) groups excluding carboxylic acids is 2. The van der Waals surface area contributed by atoms with E-state index in [9.17, 15) is 19.1 Å². The number of aliphatic hydroxyl groups excluding tert-OH is 1. The van der Waals surface area contributed by atoms with Gasteiger partial charge in [0.25, 0.3) is 0 Å². The van der Waals surface area contributed by atoms with Gasteiger partial charge in [0.1, 0.15) is 37.1 Å². The monoisotopic (exact) mass is 773 g/mol. The van der Waals surface area contributed by atoms with E-state index in [1.165, 1.54) is 11.0 Å². The molecule has 3 aromatic carbocycles. The fraction of sp³-hybridized carbons (Fsp3) is 0.350. The van der Waals surface area contributed by atoms with Gasteiger partial charge in [-0.15, -0.1) is 0 Å². The van der Waals surface area contributed by atoms with E-state index >= 15 is 4.39 Å². The number of nitrogens with zero attached hydrogens (tertiary/aromatic N) is 4. The first kappa shape index (κ1) is 37.0. The van der Waals surface area contributed by atoms with Crippen LogP contribution < -0.4 is 10.1 Å². The number of alkyl halides is 1. The molecular formula is C40H38ClF2N5O7. The van der Waals surface area contributed by atoms with Crippen molar-refractivity contribution in [3.63, 3.8) is 0 Å². The molecule has 3 saturated heterocycles. The first-order valence-electron chi connectivity index (χ1n) is 17.9. The summed E-state index contributed by atoms with van der Waals surface area (Å²) in [4.78, 5) is 37.3. The topological polar surface area (TPSA) is 137 Å². The number of fused-ring (bicyclic) bond motifs is 2. The van der Waals surface area contributed by atoms with Crippen LogP contribution in [0.15, 0.2) is 79.3 Å². The van der Waals surface area contributed by atoms with Crippen LogP contribution in [0.25, 0.3) is 33.2 Å². The third-order valence-corrected chi connectivity index (χ3v) is 10.8. The molecule has 3 aliphatic heterocycles. The van der Waals surface area contributed by atoms with Crippen LogP contribution in [0.5, 0.6) is 6.01 Å². The fourth-order valence-electron chi connectivity index (χ4n) is 7.64. The molecule has 2 amide bonds. The van der Waals surface area contributed by atoms with Gasteiger partial charge in [0.15, 0.2) is 11.9 Å². The number of halogens is 3. The molecular weight excluding hydrogens is 736 g/mol. The minimum Gasteiger partial charge on any atom is -0.455 e. The molecule has 12 nitrogen and oxygen atoms in total. The number of hydrogen-bond donors (Lipinski definition) is 2. The number of likely N-dealkylation sites (tertiary alicyclic amines) is 1. The van der Waals surface area contributed by atoms with Gasteiger partial charge >= 0.3 is 6.01 Å². The molecule has 7 atom stereocenters. The van der Waals surface area contributed by atoms with Gasteiger partial charge in [-0.05, 0) is 36.8 Å². The van der Waals surface area contributed by atoms with E-state index in [-0.39, 0.29) is 61.2 Å². The van der Waals surface area contributed by atoms with Crippen molar-refractivity contribution in [2.75, 3.05) is 32.2 Å². The van der Waals surface area contributed by atoms with Crippen LogP contribution in [-0.2, 0) is 30.3 Å². The predicted molar refractivity (Wildman–Crippen MR) is 199 cm³/mol. The van der Waals surface area contributed by atoms with E-state index in [4.69, 9.17) is 30.5 Å². The molecule has 0 saturated carbocycles. The Bertz CT molecular complexity index is 2240. The number of aliphatic hydroxyl groups is 1. The van der Waals surface area contributed by atoms with Gasteiger partial charge in [0, 0.05) is 70.3 Å². The highest BCUT2D eigenvalue weighted by Crippen LogP contribution is 2.35. The quantitative estimate of drug-likeness (QED) is 0.182. The summed E-state index contributed by atoms with van der Waals surface area (Å²) in [7, 11) is 1.62. The Morgan fingerprint density at radius 1 is 1.02 bits per heavy atom. The van der Waals surface area contributed by atoms with Gasteiger partial charge in [-0.1, -0.05) is 48.0 Å². The Morgan fingerprint density at radius 2 is 1.75 bits per heavy atom. The van der Waals surface area contributed by atoms with Crippen LogP contribution in [0, 0.1) is 5.82 Å². The van der Waals surface area contributed by atoms with Crippen LogP contribution in [0.1, 0.15) is 25.0 Å². The summed E-state index contributed by atoms with van der Waals surface area (Å²) in [6, 6.07) is 15.8. The third-order valence-electron chi connectivity index (χ3n) is 10.4. The number of ether oxygens (including phenoxy) is 4. The SMILES string of the molecule is CO[C@@H]1CO[C@H]2[C@@H]1OC[C@H]2Oc1ncc(-c2ccc3c(c2)c(C(C)O)cn3CC(=O)N2C[C@H](F)C[C@H]2C(=O)Nc2cccc(-c3ccccc3Cl)c2F)cn1. The largest absolute Gasteiger partial charge is 0.455 e. The Balaban J connectivity index is 0.977. The zero-order valence-electron chi connectivity index (χ0n) is 29.9. The lowest BCUT2D eigenvalue weighted by Gasteiger charge is -2.24. The Labute approximate surface area is 319 Å². The summed E-state index contributed by atoms with van der Waals surface area (Å²) < 4.78 is 55.2. The first-order valence-corrected chi connectivity index (χ1v) is 18.3. The van der Waals surface area contributed by atoms with Crippen LogP contribution >= 0.6 is 11.6 Å². The molecule has 0 spiro atoms. The van der Waals surface area contributed by atoms with E-state index in [1.807, 2.05) is 18.2 Å². The number of rotatable bonds is 10. The van der Waals surface area contributed by atoms with Crippen LogP contribution in [0.3, 0.4) is 0 Å². The van der Waals surface area contributed by atoms with Gasteiger partial charge in [0.05, 0.1) is 31.5 Å². The number of nitrogens with one attached hydrogen (secondary N) is 1. The maximum absolute atomic E-state index is 15.6. The number of benzene rings is 3. The molecule has 2 N–H and O–H groups in total. The summed E-state index contributed by atoms with van der Waals surface area (Å²) in [6.07, 6.45) is 1.39. The van der Waals surface area contributed by atoms with Crippen molar-refractivity contribution in [3.8, 4) is 28.3 Å². The Hall–Kier alpha value is -4.99. The summed E-state index contributed by atoms with van der Waals surface area (Å²) in [6.45, 7) is 1.86. The van der Waals surface area contributed by atoms with Crippen molar-refractivity contribution in [2.45, 2.75) is 62.6 Å². The summed E-state index contributed by atoms with van der Waals surface area (Å²) in [5.41, 5.74) is 3.20. The lowest BCUT2D eigenvalue weighted by molar-refractivity contribution is -0.137. The Kier molecular flexibility index (Phi) is 10.3.